The number of thiophene rings is 1. The Kier molecular flexibility index (Phi) is 28.5. The third-order valence-electron chi connectivity index (χ3n) is 19.4. The summed E-state index contributed by atoms with van der Waals surface area (Å²) in [5.74, 6) is -3.23. The molecule has 0 aliphatic heterocycles. The van der Waals surface area contributed by atoms with Gasteiger partial charge in [-0.05, 0) is 231 Å². The lowest BCUT2D eigenvalue weighted by Crippen LogP contribution is -2.61. The molecule has 5 aliphatic rings. The van der Waals surface area contributed by atoms with Gasteiger partial charge >= 0.3 is 30.1 Å². The highest BCUT2D eigenvalue weighted by Gasteiger charge is 2.64. The van der Waals surface area contributed by atoms with Crippen molar-refractivity contribution in [3.63, 3.8) is 0 Å². The minimum Gasteiger partial charge on any atom is -0.748 e. The van der Waals surface area contributed by atoms with E-state index in [1.165, 1.54) is 43.5 Å². The number of likely N-dealkylation sites (N-methyl/N-ethyl adjacent to an activating group) is 2. The Hall–Kier alpha value is -5.60. The monoisotopic (exact) mass is 1350 g/mol. The average molecular weight is 1350 g/mol. The highest BCUT2D eigenvalue weighted by molar-refractivity contribution is 7.85. The number of carbonyl (C=O) groups is 4. The standard InChI is InChI=1S/C20H29F3O7S.C18H13S.C13H28N2O2.C12H22O2.C11H16O.CH4/c1-4-17(2,3)15(24)30-19-8-12-5-13(9-19)7-18(6-12,11-19)16(25)29-14(20(21,22)23)10-31(26,27)28;1-2-8-14(9-3-1)19-17-12-6-4-10-15(17)16-11-5-7-13-18(16)19;1-8-13(2,3)12(16)17-11(9-14(4)5)10-15(6)7;1-5-11(2,3)10(13)14-12(4)8-6-7-9-12;1-4-11(2,3)9-6-5-7-10(12)8-9;/h12-14H,4-11H2,1-3H3,(H,26,27,28);1-13H;11H,8-10H2,1-7H3;5-9H2,1-4H3;5-8,12H,4H2,1-3H3;1H4/q;+1;;;;/p-1. The highest BCUT2D eigenvalue weighted by Crippen LogP contribution is 2.64. The minimum absolute atomic E-state index is 0. The predicted octanol–water partition coefficient (Wildman–Crippen LogP) is 17.5. The summed E-state index contributed by atoms with van der Waals surface area (Å²) >= 11 is 0. The summed E-state index contributed by atoms with van der Waals surface area (Å²) in [6.45, 7) is 27.2. The Bertz CT molecular complexity index is 3310. The number of esters is 4. The Morgan fingerprint density at radius 3 is 1.53 bits per heavy atom. The number of fused-ring (bicyclic) bond motifs is 3. The summed E-state index contributed by atoms with van der Waals surface area (Å²) in [6.07, 6.45) is 1.93. The molecule has 5 aliphatic carbocycles. The Morgan fingerprint density at radius 1 is 0.638 bits per heavy atom. The van der Waals surface area contributed by atoms with Crippen LogP contribution in [0.5, 0.6) is 5.75 Å². The quantitative estimate of drug-likeness (QED) is 0.0335. The number of rotatable bonds is 20. The first-order valence-electron chi connectivity index (χ1n) is 33.0. The number of ether oxygens (including phenoxy) is 4. The second-order valence-corrected chi connectivity index (χ2v) is 33.1. The summed E-state index contributed by atoms with van der Waals surface area (Å²) in [4.78, 5) is 55.0. The van der Waals surface area contributed by atoms with Crippen LogP contribution in [0.4, 0.5) is 13.2 Å². The Labute approximate surface area is 563 Å². The topological polar surface area (TPSA) is 189 Å². The van der Waals surface area contributed by atoms with Crippen LogP contribution in [0.2, 0.25) is 0 Å². The number of benzene rings is 4. The van der Waals surface area contributed by atoms with Crippen LogP contribution in [-0.4, -0.2) is 128 Å². The lowest BCUT2D eigenvalue weighted by molar-refractivity contribution is -0.239. The first-order valence-corrected chi connectivity index (χ1v) is 35.8. The fourth-order valence-corrected chi connectivity index (χ4v) is 15.6. The fraction of sp³-hybridized carbons (Fsp3) is 0.627. The fourth-order valence-electron chi connectivity index (χ4n) is 12.6. The molecule has 14 nitrogen and oxygen atoms in total. The number of halogens is 3. The second kappa shape index (κ2) is 33.1. The summed E-state index contributed by atoms with van der Waals surface area (Å²) in [6, 6.07) is 35.9. The van der Waals surface area contributed by atoms with Crippen LogP contribution in [0.1, 0.15) is 193 Å². The molecule has 0 radical (unpaired) electrons. The number of hydrogen-bond donors (Lipinski definition) is 1. The number of alkyl halides is 3. The molecule has 10 rings (SSSR count). The van der Waals surface area contributed by atoms with E-state index < -0.39 is 61.9 Å². The number of carbonyl (C=O) groups excluding carboxylic acids is 4. The maximum absolute atomic E-state index is 13.3. The normalized spacial score (nSPS) is 20.3. The van der Waals surface area contributed by atoms with Crippen molar-refractivity contribution in [3.8, 4) is 10.6 Å². The van der Waals surface area contributed by atoms with E-state index in [2.05, 4.69) is 117 Å². The van der Waals surface area contributed by atoms with Gasteiger partial charge in [-0.3, -0.25) is 19.2 Å². The molecular formula is C75H111F3N2O12S2. The van der Waals surface area contributed by atoms with E-state index >= 15 is 0 Å². The second-order valence-electron chi connectivity index (χ2n) is 29.7. The van der Waals surface area contributed by atoms with E-state index in [9.17, 15) is 50.4 Å². The zero-order valence-electron chi connectivity index (χ0n) is 58.4. The van der Waals surface area contributed by atoms with Crippen LogP contribution in [-0.2, 0) is 53.7 Å². The van der Waals surface area contributed by atoms with Crippen LogP contribution in [0.25, 0.3) is 25.1 Å². The van der Waals surface area contributed by atoms with Gasteiger partial charge in [-0.2, -0.15) is 13.2 Å². The molecule has 1 N–H and O–H groups in total. The van der Waals surface area contributed by atoms with Crippen LogP contribution < -0.4 is 0 Å². The first-order chi connectivity index (χ1) is 43.1. The summed E-state index contributed by atoms with van der Waals surface area (Å²) in [7, 11) is 2.74. The molecule has 3 unspecified atom stereocenters. The Balaban J connectivity index is 0.000000261. The molecule has 5 fully saturated rings. The zero-order chi connectivity index (χ0) is 69.8. The van der Waals surface area contributed by atoms with E-state index in [0.717, 1.165) is 51.6 Å². The molecule has 4 bridgehead atoms. The van der Waals surface area contributed by atoms with E-state index in [0.29, 0.717) is 37.9 Å². The molecule has 0 amide bonds. The molecule has 19 heteroatoms. The minimum atomic E-state index is -5.27. The van der Waals surface area contributed by atoms with Gasteiger partial charge in [0, 0.05) is 40.8 Å². The maximum Gasteiger partial charge on any atom is 0.426 e. The largest absolute Gasteiger partial charge is 0.748 e. The number of nitrogens with zero attached hydrogens (tertiary/aromatic N) is 2. The SMILES string of the molecule is C.CCC(C)(C)C(=O)OC(CN(C)C)CN(C)C.CCC(C)(C)C(=O)OC1(C)CCCC1.CCC(C)(C)C(=O)OC12CC3CC(C1)CC(C(=O)OC(CS(=O)(=O)[O-])C(F)(F)F)(C3)C2.CCC(C)(C)c1cccc(O)c1.c1ccc(-[s+]2c3ccccc3c3ccccc32)cc1. The van der Waals surface area contributed by atoms with Crippen molar-refractivity contribution in [3.05, 3.63) is 109 Å². The van der Waals surface area contributed by atoms with Gasteiger partial charge in [-0.25, -0.2) is 8.42 Å². The van der Waals surface area contributed by atoms with Crippen molar-refractivity contribution in [1.29, 1.82) is 0 Å². The summed E-state index contributed by atoms with van der Waals surface area (Å²) in [5, 5.41) is 12.1. The summed E-state index contributed by atoms with van der Waals surface area (Å²) < 4.78 is 97.2. The van der Waals surface area contributed by atoms with E-state index in [1.54, 1.807) is 19.9 Å². The van der Waals surface area contributed by atoms with Crippen molar-refractivity contribution in [1.82, 2.24) is 9.80 Å². The van der Waals surface area contributed by atoms with Gasteiger partial charge in [0.2, 0.25) is 6.10 Å². The van der Waals surface area contributed by atoms with Crippen molar-refractivity contribution >= 4 is 64.6 Å². The predicted molar refractivity (Wildman–Crippen MR) is 372 cm³/mol. The highest BCUT2D eigenvalue weighted by atomic mass is 32.2. The van der Waals surface area contributed by atoms with Crippen molar-refractivity contribution in [2.45, 2.75) is 222 Å². The van der Waals surface area contributed by atoms with Gasteiger partial charge in [0.25, 0.3) is 0 Å². The molecule has 4 aromatic carbocycles. The number of phenolic OH excluding ortho intramolecular Hbond substituents is 1. The third-order valence-corrected chi connectivity index (χ3v) is 22.5. The number of hydrogen-bond acceptors (Lipinski definition) is 14. The van der Waals surface area contributed by atoms with Gasteiger partial charge < -0.3 is 38.4 Å². The van der Waals surface area contributed by atoms with Crippen LogP contribution in [0, 0.1) is 33.5 Å². The Morgan fingerprint density at radius 2 is 1.10 bits per heavy atom. The van der Waals surface area contributed by atoms with Crippen LogP contribution >= 0.6 is 10.5 Å². The molecule has 5 saturated carbocycles. The zero-order valence-corrected chi connectivity index (χ0v) is 60.1. The lowest BCUT2D eigenvalue weighted by atomic mass is 9.48. The molecular weight excluding hydrogens is 1240 g/mol. The number of aromatic hydroxyl groups is 1. The van der Waals surface area contributed by atoms with E-state index in [1.807, 2.05) is 98.6 Å². The molecule has 94 heavy (non-hydrogen) atoms. The van der Waals surface area contributed by atoms with Gasteiger partial charge in [0.05, 0.1) is 37.5 Å². The molecule has 0 spiro atoms. The van der Waals surface area contributed by atoms with Crippen molar-refractivity contribution in [2.75, 3.05) is 47.0 Å². The van der Waals surface area contributed by atoms with Crippen LogP contribution in [0.3, 0.4) is 0 Å². The average Bonchev–Trinajstić information content (AvgIpc) is 0.886. The van der Waals surface area contributed by atoms with Gasteiger partial charge in [-0.1, -0.05) is 104 Å². The molecule has 1 aromatic heterocycles. The van der Waals surface area contributed by atoms with Gasteiger partial charge in [0.15, 0.2) is 14.3 Å². The summed E-state index contributed by atoms with van der Waals surface area (Å²) in [5.41, 5.74) is -2.49. The molecule has 1 heterocycles. The first kappa shape index (κ1) is 80.8. The molecule has 5 aromatic rings. The van der Waals surface area contributed by atoms with Crippen LogP contribution in [0.15, 0.2) is 103 Å². The van der Waals surface area contributed by atoms with Crippen molar-refractivity contribution in [2.24, 2.45) is 33.5 Å². The lowest BCUT2D eigenvalue weighted by Gasteiger charge is -2.60. The molecule has 0 saturated heterocycles. The van der Waals surface area contributed by atoms with E-state index in [-0.39, 0.29) is 70.6 Å². The molecule has 3 atom stereocenters. The van der Waals surface area contributed by atoms with Gasteiger partial charge in [-0.15, -0.1) is 0 Å². The molecule has 526 valence electrons. The van der Waals surface area contributed by atoms with E-state index in [4.69, 9.17) is 14.2 Å². The smallest absolute Gasteiger partial charge is 0.426 e. The maximum atomic E-state index is 13.3. The number of phenols is 1. The van der Waals surface area contributed by atoms with Crippen molar-refractivity contribution < 1.29 is 69.4 Å². The van der Waals surface area contributed by atoms with Gasteiger partial charge in [0.1, 0.15) is 23.1 Å². The third kappa shape index (κ3) is 22.2.